The lowest BCUT2D eigenvalue weighted by Crippen LogP contribution is -2.39. The smallest absolute Gasteiger partial charge is 0.399 e. The summed E-state index contributed by atoms with van der Waals surface area (Å²) in [6.07, 6.45) is -2.86. The van der Waals surface area contributed by atoms with E-state index in [2.05, 4.69) is 10.4 Å². The van der Waals surface area contributed by atoms with Gasteiger partial charge in [0.1, 0.15) is 5.71 Å². The number of nitrogens with one attached hydrogen (secondary N) is 1. The molecule has 3 aromatic carbocycles. The summed E-state index contributed by atoms with van der Waals surface area (Å²) in [5, 5.41) is 20.5. The number of nitrogens with two attached hydrogens (primary N) is 1. The maximum atomic E-state index is 13.1. The Labute approximate surface area is 187 Å². The van der Waals surface area contributed by atoms with Crippen LogP contribution < -0.4 is 16.1 Å². The lowest BCUT2D eigenvalue weighted by atomic mass is 10.0. The molecule has 4 rings (SSSR count). The van der Waals surface area contributed by atoms with Crippen molar-refractivity contribution in [3.63, 3.8) is 0 Å². The summed E-state index contributed by atoms with van der Waals surface area (Å²) in [5.74, 6) is -0.605. The number of hydrogen-bond acceptors (Lipinski definition) is 5. The molecule has 0 fully saturated rings. The second-order valence-electron chi connectivity index (χ2n) is 7.68. The van der Waals surface area contributed by atoms with E-state index in [1.807, 2.05) is 36.4 Å². The fraction of sp³-hybridized carbons (Fsp3) is 0.167. The van der Waals surface area contributed by atoms with Crippen molar-refractivity contribution in [1.29, 1.82) is 0 Å². The first-order valence-electron chi connectivity index (χ1n) is 10.1. The van der Waals surface area contributed by atoms with Gasteiger partial charge < -0.3 is 16.2 Å². The molecule has 9 heteroatoms. The number of amides is 1. The molecule has 1 heterocycles. The Hall–Kier alpha value is -3.85. The summed E-state index contributed by atoms with van der Waals surface area (Å²) >= 11 is 0. The molecule has 4 N–H and O–H groups in total. The van der Waals surface area contributed by atoms with Gasteiger partial charge in [-0.15, -0.1) is 0 Å². The lowest BCUT2D eigenvalue weighted by Gasteiger charge is -2.28. The van der Waals surface area contributed by atoms with Crippen LogP contribution in [0, 0.1) is 0 Å². The molecule has 3 aromatic rings. The summed E-state index contributed by atoms with van der Waals surface area (Å²) in [6, 6.07) is 15.5. The SMILES string of the molecule is C[C@@H](NC(=O)C1=NN(c2cccc3ccccc23)C(O)C=C1)c1cc(N)cc(C(F)(F)F)c1. The number of fused-ring (bicyclic) bond motifs is 1. The highest BCUT2D eigenvalue weighted by Gasteiger charge is 2.32. The summed E-state index contributed by atoms with van der Waals surface area (Å²) in [7, 11) is 0. The second kappa shape index (κ2) is 8.59. The molecular formula is C24H21F3N4O2. The molecule has 0 radical (unpaired) electrons. The summed E-state index contributed by atoms with van der Waals surface area (Å²) < 4.78 is 39.3. The van der Waals surface area contributed by atoms with Crippen molar-refractivity contribution in [3.05, 3.63) is 83.9 Å². The van der Waals surface area contributed by atoms with E-state index in [-0.39, 0.29) is 17.0 Å². The Balaban J connectivity index is 1.60. The van der Waals surface area contributed by atoms with E-state index in [1.54, 1.807) is 13.0 Å². The predicted molar refractivity (Wildman–Crippen MR) is 121 cm³/mol. The molecule has 0 aromatic heterocycles. The van der Waals surface area contributed by atoms with Crippen LogP contribution in [-0.4, -0.2) is 23.0 Å². The standard InChI is InChI=1S/C24H21F3N4O2/c1-14(16-11-17(24(25,26)27)13-18(28)12-16)29-23(33)20-9-10-22(32)31(30-20)21-8-4-6-15-5-2-3-7-19(15)21/h2-14,22,32H,28H2,1H3,(H,29,33)/t14-,22?/m1/s1. The number of nitrogen functional groups attached to an aromatic ring is 1. The first-order chi connectivity index (χ1) is 15.6. The Bertz CT molecular complexity index is 1260. The number of aliphatic hydroxyl groups is 1. The Morgan fingerprint density at radius 2 is 1.88 bits per heavy atom. The molecule has 6 nitrogen and oxygen atoms in total. The van der Waals surface area contributed by atoms with Crippen molar-refractivity contribution in [2.24, 2.45) is 5.10 Å². The van der Waals surface area contributed by atoms with E-state index in [4.69, 9.17) is 5.73 Å². The zero-order valence-corrected chi connectivity index (χ0v) is 17.5. The number of hydrogen-bond donors (Lipinski definition) is 3. The topological polar surface area (TPSA) is 91.0 Å². The van der Waals surface area contributed by atoms with Crippen LogP contribution in [0.3, 0.4) is 0 Å². The molecule has 1 aliphatic heterocycles. The molecule has 0 saturated carbocycles. The molecule has 33 heavy (non-hydrogen) atoms. The van der Waals surface area contributed by atoms with Crippen LogP contribution in [0.25, 0.3) is 10.8 Å². The number of carbonyl (C=O) groups excluding carboxylic acids is 1. The third-order valence-electron chi connectivity index (χ3n) is 5.29. The Kier molecular flexibility index (Phi) is 5.82. The molecule has 1 aliphatic rings. The van der Waals surface area contributed by atoms with Gasteiger partial charge in [0.15, 0.2) is 6.23 Å². The van der Waals surface area contributed by atoms with Crippen LogP contribution in [0.2, 0.25) is 0 Å². The monoisotopic (exact) mass is 454 g/mol. The summed E-state index contributed by atoms with van der Waals surface area (Å²) in [6.45, 7) is 1.55. The van der Waals surface area contributed by atoms with Crippen LogP contribution in [0.5, 0.6) is 0 Å². The fourth-order valence-electron chi connectivity index (χ4n) is 3.64. The summed E-state index contributed by atoms with van der Waals surface area (Å²) in [4.78, 5) is 12.8. The van der Waals surface area contributed by atoms with Crippen molar-refractivity contribution in [2.45, 2.75) is 25.4 Å². The van der Waals surface area contributed by atoms with Gasteiger partial charge in [0.05, 0.1) is 17.3 Å². The molecule has 0 saturated heterocycles. The van der Waals surface area contributed by atoms with E-state index < -0.39 is 29.9 Å². The maximum absolute atomic E-state index is 13.1. The zero-order chi connectivity index (χ0) is 23.8. The minimum atomic E-state index is -4.56. The van der Waals surface area contributed by atoms with Crippen molar-refractivity contribution < 1.29 is 23.1 Å². The van der Waals surface area contributed by atoms with Gasteiger partial charge >= 0.3 is 6.18 Å². The predicted octanol–water partition coefficient (Wildman–Crippen LogP) is 4.37. The number of rotatable bonds is 4. The lowest BCUT2D eigenvalue weighted by molar-refractivity contribution is -0.137. The molecule has 0 aliphatic carbocycles. The van der Waals surface area contributed by atoms with Gasteiger partial charge in [-0.1, -0.05) is 36.4 Å². The highest BCUT2D eigenvalue weighted by molar-refractivity contribution is 6.43. The van der Waals surface area contributed by atoms with Crippen molar-refractivity contribution in [1.82, 2.24) is 5.32 Å². The quantitative estimate of drug-likeness (QED) is 0.511. The van der Waals surface area contributed by atoms with Crippen LogP contribution in [0.4, 0.5) is 24.5 Å². The minimum Gasteiger partial charge on any atom is -0.399 e. The average molecular weight is 454 g/mol. The molecule has 0 spiro atoms. The summed E-state index contributed by atoms with van der Waals surface area (Å²) in [5.41, 5.74) is 5.50. The van der Waals surface area contributed by atoms with Crippen molar-refractivity contribution in [2.75, 3.05) is 10.7 Å². The normalized spacial score (nSPS) is 17.1. The Morgan fingerprint density at radius 3 is 2.64 bits per heavy atom. The van der Waals surface area contributed by atoms with Crippen LogP contribution in [0.15, 0.2) is 77.9 Å². The third-order valence-corrected chi connectivity index (χ3v) is 5.29. The molecular weight excluding hydrogens is 433 g/mol. The van der Waals surface area contributed by atoms with Crippen LogP contribution in [-0.2, 0) is 11.0 Å². The Morgan fingerprint density at radius 1 is 1.15 bits per heavy atom. The van der Waals surface area contributed by atoms with Gasteiger partial charge in [-0.25, -0.2) is 5.01 Å². The van der Waals surface area contributed by atoms with Crippen LogP contribution >= 0.6 is 0 Å². The van der Waals surface area contributed by atoms with Gasteiger partial charge in [-0.2, -0.15) is 18.3 Å². The molecule has 0 bridgehead atoms. The second-order valence-corrected chi connectivity index (χ2v) is 7.68. The third kappa shape index (κ3) is 4.68. The molecule has 1 amide bonds. The zero-order valence-electron chi connectivity index (χ0n) is 17.5. The first-order valence-corrected chi connectivity index (χ1v) is 10.1. The molecule has 2 atom stereocenters. The van der Waals surface area contributed by atoms with E-state index in [9.17, 15) is 23.1 Å². The molecule has 1 unspecified atom stereocenters. The van der Waals surface area contributed by atoms with Crippen LogP contribution in [0.1, 0.15) is 24.1 Å². The van der Waals surface area contributed by atoms with E-state index in [0.717, 1.165) is 22.9 Å². The van der Waals surface area contributed by atoms with E-state index >= 15 is 0 Å². The number of carbonyl (C=O) groups is 1. The number of hydrazone groups is 1. The van der Waals surface area contributed by atoms with Gasteiger partial charge in [0, 0.05) is 11.1 Å². The number of nitrogens with zero attached hydrogens (tertiary/aromatic N) is 2. The van der Waals surface area contributed by atoms with Crippen molar-refractivity contribution in [3.8, 4) is 0 Å². The maximum Gasteiger partial charge on any atom is 0.416 e. The number of anilines is 2. The largest absolute Gasteiger partial charge is 0.416 e. The average Bonchev–Trinajstić information content (AvgIpc) is 2.78. The number of benzene rings is 3. The van der Waals surface area contributed by atoms with Gasteiger partial charge in [0.25, 0.3) is 5.91 Å². The first kappa shape index (κ1) is 22.3. The molecule has 170 valence electrons. The van der Waals surface area contributed by atoms with Gasteiger partial charge in [0.2, 0.25) is 0 Å². The van der Waals surface area contributed by atoms with E-state index in [0.29, 0.717) is 5.69 Å². The van der Waals surface area contributed by atoms with Gasteiger partial charge in [-0.05, 0) is 54.3 Å². The highest BCUT2D eigenvalue weighted by Crippen LogP contribution is 2.33. The highest BCUT2D eigenvalue weighted by atomic mass is 19.4. The van der Waals surface area contributed by atoms with Crippen molar-refractivity contribution >= 4 is 33.8 Å². The number of aliphatic hydroxyl groups excluding tert-OH is 1. The van der Waals surface area contributed by atoms with Gasteiger partial charge in [-0.3, -0.25) is 4.79 Å². The minimum absolute atomic E-state index is 0.0000297. The number of halogens is 3. The van der Waals surface area contributed by atoms with E-state index in [1.165, 1.54) is 23.2 Å². The fourth-order valence-corrected chi connectivity index (χ4v) is 3.64. The number of alkyl halides is 3.